The van der Waals surface area contributed by atoms with Crippen LogP contribution in [0.2, 0.25) is 0 Å². The molecule has 4 aromatic rings. The summed E-state index contributed by atoms with van der Waals surface area (Å²) in [4.78, 5) is 28.8. The van der Waals surface area contributed by atoms with E-state index in [0.717, 1.165) is 0 Å². The molecule has 19 heteroatoms. The first-order chi connectivity index (χ1) is 20.0. The van der Waals surface area contributed by atoms with Crippen LogP contribution in [0.25, 0.3) is 16.9 Å². The van der Waals surface area contributed by atoms with Crippen molar-refractivity contribution in [1.29, 1.82) is 0 Å². The highest BCUT2D eigenvalue weighted by atomic mass is 31.1. The Hall–Kier alpha value is -2.72. The van der Waals surface area contributed by atoms with Gasteiger partial charge in [-0.2, -0.15) is 0 Å². The van der Waals surface area contributed by atoms with Crippen LogP contribution in [0.1, 0.15) is 12.5 Å². The van der Waals surface area contributed by atoms with E-state index in [-0.39, 0.29) is 31.2 Å². The van der Waals surface area contributed by atoms with E-state index in [1.807, 2.05) is 0 Å². The van der Waals surface area contributed by atoms with Gasteiger partial charge < -0.3 is 38.4 Å². The third kappa shape index (κ3) is 4.80. The Labute approximate surface area is 233 Å². The van der Waals surface area contributed by atoms with Crippen molar-refractivity contribution in [2.45, 2.75) is 43.0 Å². The number of rotatable bonds is 2. The summed E-state index contributed by atoms with van der Waals surface area (Å²) in [6.07, 6.45) is 0.434. The topological polar surface area (TPSA) is 185 Å². The molecule has 3 saturated heterocycles. The third-order valence-corrected chi connectivity index (χ3v) is 8.54. The van der Waals surface area contributed by atoms with Crippen molar-refractivity contribution >= 4 is 40.8 Å². The molecule has 3 fully saturated rings. The minimum Gasteiger partial charge on any atom is -0.387 e. The van der Waals surface area contributed by atoms with E-state index in [9.17, 15) is 9.90 Å². The van der Waals surface area contributed by atoms with Crippen molar-refractivity contribution in [2.75, 3.05) is 25.6 Å². The van der Waals surface area contributed by atoms with Gasteiger partial charge in [0.25, 0.3) is 5.56 Å². The summed E-state index contributed by atoms with van der Waals surface area (Å²) in [5.41, 5.74) is 6.32. The molecule has 0 aromatic carbocycles. The molecule has 218 valence electrons. The van der Waals surface area contributed by atoms with Gasteiger partial charge in [0, 0.05) is 30.6 Å². The molecular formula is C22H25FN8O8P2. The number of ether oxygens (including phenoxy) is 2. The van der Waals surface area contributed by atoms with E-state index >= 15 is 4.39 Å². The van der Waals surface area contributed by atoms with Gasteiger partial charge in [-0.05, 0) is 0 Å². The van der Waals surface area contributed by atoms with Gasteiger partial charge in [0.05, 0.1) is 32.3 Å². The number of nitrogens with zero attached hydrogens (tertiary/aromatic N) is 7. The maximum Gasteiger partial charge on any atom is 0.258 e. The molecule has 7 heterocycles. The average Bonchev–Trinajstić information content (AvgIpc) is 3.74. The molecule has 0 amide bonds. The summed E-state index contributed by atoms with van der Waals surface area (Å²) in [5.74, 6) is -0.196. The molecule has 0 spiro atoms. The molecule has 3 N–H and O–H groups in total. The predicted octanol–water partition coefficient (Wildman–Crippen LogP) is 0.494. The molecule has 0 saturated carbocycles. The Bertz CT molecular complexity index is 1610. The van der Waals surface area contributed by atoms with Crippen molar-refractivity contribution in [2.24, 2.45) is 5.92 Å². The zero-order valence-corrected chi connectivity index (χ0v) is 23.1. The monoisotopic (exact) mass is 610 g/mol. The lowest BCUT2D eigenvalue weighted by Crippen LogP contribution is -2.35. The van der Waals surface area contributed by atoms with Gasteiger partial charge in [-0.1, -0.05) is 0 Å². The maximum atomic E-state index is 15.8. The van der Waals surface area contributed by atoms with Crippen LogP contribution < -0.4 is 11.3 Å². The van der Waals surface area contributed by atoms with Crippen molar-refractivity contribution in [3.05, 3.63) is 47.7 Å². The number of aliphatic hydroxyl groups excluding tert-OH is 1. The SMILES string of the molecule is Nc1ncnc2c1ncn2[C@@H]1O[C@@H]2COPO[C@@H]3[C@H](O)[C@@H](COPOC[C@H]2[C@@H]1F)O[C@H]3n1ccc(=O)n2ccnc12. The Morgan fingerprint density at radius 2 is 1.78 bits per heavy atom. The molecule has 16 nitrogen and oxygen atoms in total. The number of fused-ring (bicyclic) bond motifs is 5. The van der Waals surface area contributed by atoms with Gasteiger partial charge in [0.2, 0.25) is 5.78 Å². The lowest BCUT2D eigenvalue weighted by molar-refractivity contribution is -0.0453. The minimum absolute atomic E-state index is 0.00749. The molecule has 2 bridgehead atoms. The highest BCUT2D eigenvalue weighted by molar-refractivity contribution is 7.26. The van der Waals surface area contributed by atoms with Crippen LogP contribution in [0.5, 0.6) is 0 Å². The van der Waals surface area contributed by atoms with E-state index in [2.05, 4.69) is 19.9 Å². The number of hydrogen-bond acceptors (Lipinski definition) is 13. The molecule has 3 aliphatic heterocycles. The number of imidazole rings is 2. The molecule has 0 aliphatic carbocycles. The molecule has 10 atom stereocenters. The summed E-state index contributed by atoms with van der Waals surface area (Å²) in [7, 11) is -1.00. The van der Waals surface area contributed by atoms with Crippen molar-refractivity contribution < 1.29 is 37.1 Å². The van der Waals surface area contributed by atoms with Gasteiger partial charge >= 0.3 is 0 Å². The van der Waals surface area contributed by atoms with E-state index in [4.69, 9.17) is 33.3 Å². The van der Waals surface area contributed by atoms with Crippen LogP contribution >= 0.6 is 18.1 Å². The van der Waals surface area contributed by atoms with Gasteiger partial charge in [0.15, 0.2) is 48.2 Å². The van der Waals surface area contributed by atoms with Gasteiger partial charge in [-0.3, -0.25) is 18.3 Å². The first kappa shape index (κ1) is 27.1. The van der Waals surface area contributed by atoms with E-state index in [1.54, 1.807) is 4.57 Å². The van der Waals surface area contributed by atoms with Crippen LogP contribution in [0, 0.1) is 5.92 Å². The summed E-state index contributed by atoms with van der Waals surface area (Å²) in [6.45, 7) is -0.0385. The van der Waals surface area contributed by atoms with Crippen molar-refractivity contribution in [3.63, 3.8) is 0 Å². The standard InChI is InChI=1S/C22H25FN8O8P2/c23-14-10-5-34-40-35-7-12-16(33)17(21(38-12)30-3-1-13(32)29-4-2-25-22(29)30)39-41-36-6-11(10)37-20(14)31-9-28-15-18(24)26-8-27-19(15)31/h1-4,8-12,14,16-17,20-21,33,40-41H,5-7H2,(H2,24,26,27)/t10-,11-,12-,14+,16-,17-,20-,21-/m1/s1. The number of aromatic nitrogens is 7. The Morgan fingerprint density at radius 1 is 0.976 bits per heavy atom. The highest BCUT2D eigenvalue weighted by Crippen LogP contribution is 2.42. The zero-order valence-electron chi connectivity index (χ0n) is 21.1. The van der Waals surface area contributed by atoms with Crippen LogP contribution in [0.3, 0.4) is 0 Å². The fraction of sp³-hybridized carbons (Fsp3) is 0.500. The molecule has 2 unspecified atom stereocenters. The smallest absolute Gasteiger partial charge is 0.258 e. The Kier molecular flexibility index (Phi) is 7.39. The first-order valence-corrected chi connectivity index (χ1v) is 14.3. The molecule has 0 radical (unpaired) electrons. The third-order valence-electron chi connectivity index (χ3n) is 7.32. The fourth-order valence-corrected chi connectivity index (χ4v) is 6.50. The predicted molar refractivity (Wildman–Crippen MR) is 141 cm³/mol. The average molecular weight is 610 g/mol. The number of halogens is 1. The summed E-state index contributed by atoms with van der Waals surface area (Å²) >= 11 is 0. The largest absolute Gasteiger partial charge is 0.387 e. The Balaban J connectivity index is 1.10. The second-order valence-electron chi connectivity index (χ2n) is 9.65. The number of hydrogen-bond donors (Lipinski definition) is 2. The van der Waals surface area contributed by atoms with E-state index in [0.29, 0.717) is 16.9 Å². The lowest BCUT2D eigenvalue weighted by Gasteiger charge is -2.24. The van der Waals surface area contributed by atoms with Crippen molar-refractivity contribution in [1.82, 2.24) is 33.5 Å². The second-order valence-corrected chi connectivity index (χ2v) is 11.1. The second kappa shape index (κ2) is 11.2. The molecule has 3 aliphatic rings. The normalized spacial score (nSPS) is 34.4. The van der Waals surface area contributed by atoms with Crippen LogP contribution in [0.4, 0.5) is 10.2 Å². The first-order valence-electron chi connectivity index (χ1n) is 12.6. The van der Waals surface area contributed by atoms with Crippen LogP contribution in [-0.2, 0) is 27.6 Å². The van der Waals surface area contributed by atoms with Gasteiger partial charge in [0.1, 0.15) is 30.2 Å². The number of nitrogen functional groups attached to an aromatic ring is 1. The molecule has 4 aromatic heterocycles. The fourth-order valence-electron chi connectivity index (χ4n) is 5.26. The maximum absolute atomic E-state index is 15.8. The quantitative estimate of drug-likeness (QED) is 0.299. The van der Waals surface area contributed by atoms with E-state index in [1.165, 1.54) is 46.3 Å². The lowest BCUT2D eigenvalue weighted by atomic mass is 10.0. The van der Waals surface area contributed by atoms with Crippen LogP contribution in [0.15, 0.2) is 42.1 Å². The summed E-state index contributed by atoms with van der Waals surface area (Å²) in [5, 5.41) is 11.0. The summed E-state index contributed by atoms with van der Waals surface area (Å²) < 4.78 is 55.6. The zero-order chi connectivity index (χ0) is 28.1. The molecular weight excluding hydrogens is 585 g/mol. The number of alkyl halides is 1. The highest BCUT2D eigenvalue weighted by Gasteiger charge is 2.48. The number of nitrogens with two attached hydrogens (primary N) is 1. The molecule has 7 rings (SSSR count). The number of anilines is 1. The molecule has 41 heavy (non-hydrogen) atoms. The number of aliphatic hydroxyl groups is 1. The Morgan fingerprint density at radius 3 is 2.68 bits per heavy atom. The van der Waals surface area contributed by atoms with Gasteiger partial charge in [-0.15, -0.1) is 0 Å². The van der Waals surface area contributed by atoms with Crippen LogP contribution in [-0.4, -0.2) is 89.0 Å². The minimum atomic E-state index is -1.48. The van der Waals surface area contributed by atoms with Gasteiger partial charge in [-0.25, -0.2) is 24.3 Å². The van der Waals surface area contributed by atoms with E-state index < -0.39 is 67.0 Å². The summed E-state index contributed by atoms with van der Waals surface area (Å²) in [6, 6.07) is 1.37. The van der Waals surface area contributed by atoms with Crippen molar-refractivity contribution in [3.8, 4) is 0 Å².